The number of carbonyl (C=O) groups is 2. The quantitative estimate of drug-likeness (QED) is 0.859. The van der Waals surface area contributed by atoms with Crippen LogP contribution in [0, 0.1) is 12.3 Å². The molecule has 1 unspecified atom stereocenters. The number of rotatable bonds is 6. The number of ether oxygens (including phenoxy) is 2. The third-order valence-electron chi connectivity index (χ3n) is 4.63. The van der Waals surface area contributed by atoms with E-state index in [1.807, 2.05) is 25.1 Å². The maximum Gasteiger partial charge on any atom is 0.313 e. The van der Waals surface area contributed by atoms with Crippen LogP contribution in [0.5, 0.6) is 5.75 Å². The second-order valence-electron chi connectivity index (χ2n) is 6.42. The summed E-state index contributed by atoms with van der Waals surface area (Å²) < 4.78 is 10.4. The number of piperidine rings is 1. The Bertz CT molecular complexity index is 611. The van der Waals surface area contributed by atoms with Crippen LogP contribution in [0.2, 0.25) is 0 Å². The van der Waals surface area contributed by atoms with Gasteiger partial charge in [-0.2, -0.15) is 0 Å². The van der Waals surface area contributed by atoms with Crippen LogP contribution in [-0.2, 0) is 20.7 Å². The monoisotopic (exact) mass is 335 g/mol. The van der Waals surface area contributed by atoms with E-state index in [4.69, 9.17) is 9.47 Å². The third-order valence-corrected chi connectivity index (χ3v) is 4.63. The van der Waals surface area contributed by atoms with E-state index in [1.165, 1.54) is 7.11 Å². The number of nitrogens with zero attached hydrogens (tertiary/aromatic N) is 1. The molecule has 1 heterocycles. The third kappa shape index (κ3) is 3.87. The molecule has 0 radical (unpaired) electrons. The van der Waals surface area contributed by atoms with Gasteiger partial charge < -0.3 is 19.5 Å². The van der Waals surface area contributed by atoms with E-state index in [0.29, 0.717) is 19.4 Å². The van der Waals surface area contributed by atoms with E-state index in [-0.39, 0.29) is 25.5 Å². The van der Waals surface area contributed by atoms with Crippen LogP contribution in [0.25, 0.3) is 0 Å². The summed E-state index contributed by atoms with van der Waals surface area (Å²) in [6.07, 6.45) is 1.43. The standard InChI is InChI=1S/C18H25NO5/c1-13-5-6-14(9-15(13)24-3)10-16(20)19-8-4-7-18(11-19,12-23-2)17(21)22/h5-6,9H,4,7-8,10-12H2,1-3H3,(H,21,22). The van der Waals surface area contributed by atoms with Crippen molar-refractivity contribution in [3.8, 4) is 5.75 Å². The largest absolute Gasteiger partial charge is 0.496 e. The molecule has 6 nitrogen and oxygen atoms in total. The number of aliphatic carboxylic acids is 1. The number of hydrogen-bond acceptors (Lipinski definition) is 4. The molecular formula is C18H25NO5. The molecule has 132 valence electrons. The molecule has 0 bridgehead atoms. The first-order valence-corrected chi connectivity index (χ1v) is 8.05. The highest BCUT2D eigenvalue weighted by Gasteiger charge is 2.43. The minimum Gasteiger partial charge on any atom is -0.496 e. The van der Waals surface area contributed by atoms with Gasteiger partial charge in [0.05, 0.1) is 20.1 Å². The van der Waals surface area contributed by atoms with Gasteiger partial charge in [0.15, 0.2) is 0 Å². The fourth-order valence-electron chi connectivity index (χ4n) is 3.24. The number of aryl methyl sites for hydroxylation is 1. The highest BCUT2D eigenvalue weighted by molar-refractivity contribution is 5.81. The van der Waals surface area contributed by atoms with Gasteiger partial charge in [-0.25, -0.2) is 0 Å². The molecule has 0 saturated carbocycles. The fourth-order valence-corrected chi connectivity index (χ4v) is 3.24. The van der Waals surface area contributed by atoms with E-state index in [9.17, 15) is 14.7 Å². The number of carboxylic acid groups (broad SMARTS) is 1. The lowest BCUT2D eigenvalue weighted by Gasteiger charge is -2.39. The summed E-state index contributed by atoms with van der Waals surface area (Å²) in [6, 6.07) is 5.68. The van der Waals surface area contributed by atoms with Gasteiger partial charge in [-0.1, -0.05) is 12.1 Å². The Balaban J connectivity index is 2.10. The van der Waals surface area contributed by atoms with Crippen LogP contribution in [0.4, 0.5) is 0 Å². The minimum atomic E-state index is -1.01. The highest BCUT2D eigenvalue weighted by Crippen LogP contribution is 2.31. The van der Waals surface area contributed by atoms with Crippen molar-refractivity contribution in [1.29, 1.82) is 0 Å². The van der Waals surface area contributed by atoms with Gasteiger partial charge in [-0.3, -0.25) is 9.59 Å². The first-order chi connectivity index (χ1) is 11.4. The van der Waals surface area contributed by atoms with Crippen molar-refractivity contribution < 1.29 is 24.2 Å². The van der Waals surface area contributed by atoms with Gasteiger partial charge in [0, 0.05) is 20.2 Å². The first kappa shape index (κ1) is 18.3. The molecule has 1 atom stereocenters. The Labute approximate surface area is 142 Å². The normalized spacial score (nSPS) is 20.7. The summed E-state index contributed by atoms with van der Waals surface area (Å²) >= 11 is 0. The Morgan fingerprint density at radius 3 is 2.71 bits per heavy atom. The molecule has 6 heteroatoms. The second kappa shape index (κ2) is 7.66. The van der Waals surface area contributed by atoms with Gasteiger partial charge in [0.2, 0.25) is 5.91 Å². The van der Waals surface area contributed by atoms with Crippen LogP contribution in [0.1, 0.15) is 24.0 Å². The summed E-state index contributed by atoms with van der Waals surface area (Å²) in [5.74, 6) is -0.223. The minimum absolute atomic E-state index is 0.0673. The average Bonchev–Trinajstić information content (AvgIpc) is 2.57. The summed E-state index contributed by atoms with van der Waals surface area (Å²) in [7, 11) is 3.09. The fraction of sp³-hybridized carbons (Fsp3) is 0.556. The number of hydrogen-bond donors (Lipinski definition) is 1. The molecule has 1 N–H and O–H groups in total. The Kier molecular flexibility index (Phi) is 5.83. The molecule has 1 aliphatic heterocycles. The van der Waals surface area contributed by atoms with Crippen molar-refractivity contribution >= 4 is 11.9 Å². The highest BCUT2D eigenvalue weighted by atomic mass is 16.5. The zero-order valence-corrected chi connectivity index (χ0v) is 14.5. The maximum atomic E-state index is 12.6. The molecule has 2 rings (SSSR count). The lowest BCUT2D eigenvalue weighted by Crippen LogP contribution is -2.52. The lowest BCUT2D eigenvalue weighted by atomic mass is 9.80. The number of likely N-dealkylation sites (tertiary alicyclic amines) is 1. The number of amides is 1. The van der Waals surface area contributed by atoms with E-state index in [0.717, 1.165) is 16.9 Å². The molecule has 1 aliphatic rings. The maximum absolute atomic E-state index is 12.6. The van der Waals surface area contributed by atoms with Gasteiger partial charge in [-0.15, -0.1) is 0 Å². The summed E-state index contributed by atoms with van der Waals surface area (Å²) in [5, 5.41) is 9.57. The molecule has 0 spiro atoms. The van der Waals surface area contributed by atoms with Crippen LogP contribution in [0.3, 0.4) is 0 Å². The first-order valence-electron chi connectivity index (χ1n) is 8.05. The molecule has 1 aromatic carbocycles. The van der Waals surface area contributed by atoms with Crippen LogP contribution >= 0.6 is 0 Å². The zero-order chi connectivity index (χ0) is 17.7. The number of benzene rings is 1. The van der Waals surface area contributed by atoms with Crippen LogP contribution in [-0.4, -0.2) is 55.8 Å². The predicted octanol–water partition coefficient (Wildman–Crippen LogP) is 1.89. The molecule has 1 amide bonds. The lowest BCUT2D eigenvalue weighted by molar-refractivity contribution is -0.159. The molecule has 0 aromatic heterocycles. The van der Waals surface area contributed by atoms with E-state index < -0.39 is 11.4 Å². The Morgan fingerprint density at radius 1 is 1.33 bits per heavy atom. The molecule has 0 aliphatic carbocycles. The molecular weight excluding hydrogens is 310 g/mol. The van der Waals surface area contributed by atoms with Crippen molar-refractivity contribution in [3.05, 3.63) is 29.3 Å². The molecule has 24 heavy (non-hydrogen) atoms. The molecule has 1 saturated heterocycles. The van der Waals surface area contributed by atoms with Crippen molar-refractivity contribution in [1.82, 2.24) is 4.90 Å². The van der Waals surface area contributed by atoms with Crippen LogP contribution in [0.15, 0.2) is 18.2 Å². The van der Waals surface area contributed by atoms with Crippen molar-refractivity contribution in [3.63, 3.8) is 0 Å². The number of methoxy groups -OCH3 is 2. The van der Waals surface area contributed by atoms with Crippen molar-refractivity contribution in [2.24, 2.45) is 5.41 Å². The van der Waals surface area contributed by atoms with Gasteiger partial charge >= 0.3 is 5.97 Å². The van der Waals surface area contributed by atoms with Crippen molar-refractivity contribution in [2.45, 2.75) is 26.2 Å². The summed E-state index contributed by atoms with van der Waals surface area (Å²) in [4.78, 5) is 25.9. The van der Waals surface area contributed by atoms with E-state index in [1.54, 1.807) is 12.0 Å². The smallest absolute Gasteiger partial charge is 0.313 e. The van der Waals surface area contributed by atoms with Gasteiger partial charge in [0.1, 0.15) is 11.2 Å². The summed E-state index contributed by atoms with van der Waals surface area (Å²) in [5.41, 5.74) is 0.866. The van der Waals surface area contributed by atoms with E-state index in [2.05, 4.69) is 0 Å². The second-order valence-corrected chi connectivity index (χ2v) is 6.42. The Morgan fingerprint density at radius 2 is 2.08 bits per heavy atom. The average molecular weight is 335 g/mol. The number of carboxylic acids is 1. The molecule has 1 aromatic rings. The van der Waals surface area contributed by atoms with Gasteiger partial charge in [-0.05, 0) is 37.0 Å². The van der Waals surface area contributed by atoms with Crippen LogP contribution < -0.4 is 4.74 Å². The molecule has 1 fully saturated rings. The summed E-state index contributed by atoms with van der Waals surface area (Å²) in [6.45, 7) is 2.84. The van der Waals surface area contributed by atoms with Crippen molar-refractivity contribution in [2.75, 3.05) is 33.9 Å². The Hall–Kier alpha value is -2.08. The predicted molar refractivity (Wildman–Crippen MR) is 89.2 cm³/mol. The van der Waals surface area contributed by atoms with Gasteiger partial charge in [0.25, 0.3) is 0 Å². The SMILES string of the molecule is COCC1(C(=O)O)CCCN(C(=O)Cc2ccc(C)c(OC)c2)C1. The zero-order valence-electron chi connectivity index (χ0n) is 14.5. The number of carbonyl (C=O) groups excluding carboxylic acids is 1. The van der Waals surface area contributed by atoms with E-state index >= 15 is 0 Å². The topological polar surface area (TPSA) is 76.1 Å².